The molecule has 5 heteroatoms. The first-order chi connectivity index (χ1) is 12.2. The van der Waals surface area contributed by atoms with Gasteiger partial charge in [-0.15, -0.1) is 0 Å². The third-order valence-electron chi connectivity index (χ3n) is 3.90. The summed E-state index contributed by atoms with van der Waals surface area (Å²) in [5, 5.41) is 3.06. The summed E-state index contributed by atoms with van der Waals surface area (Å²) < 4.78 is 7.51. The highest BCUT2D eigenvalue weighted by molar-refractivity contribution is 5.77. The van der Waals surface area contributed by atoms with Gasteiger partial charge in [0.1, 0.15) is 17.6 Å². The number of imidazole rings is 1. The van der Waals surface area contributed by atoms with Gasteiger partial charge in [-0.25, -0.2) is 4.98 Å². The maximum Gasteiger partial charge on any atom is 0.224 e. The quantitative estimate of drug-likeness (QED) is 0.722. The zero-order valence-electron chi connectivity index (χ0n) is 14.1. The normalized spacial score (nSPS) is 11.7. The molecular weight excluding hydrogens is 314 g/mol. The monoisotopic (exact) mass is 335 g/mol. The fraction of sp³-hybridized carbons (Fsp3) is 0.200. The van der Waals surface area contributed by atoms with Crippen LogP contribution in [0.3, 0.4) is 0 Å². The Morgan fingerprint density at radius 1 is 1.12 bits per heavy atom. The highest BCUT2D eigenvalue weighted by Gasteiger charge is 2.20. The number of carbonyl (C=O) groups excluding carboxylic acids is 1. The van der Waals surface area contributed by atoms with Crippen LogP contribution in [0.5, 0.6) is 5.75 Å². The van der Waals surface area contributed by atoms with Gasteiger partial charge in [-0.1, -0.05) is 48.5 Å². The average Bonchev–Trinajstić information content (AvgIpc) is 3.07. The molecule has 3 aromatic rings. The lowest BCUT2D eigenvalue weighted by Crippen LogP contribution is -2.31. The minimum absolute atomic E-state index is 0.0761. The van der Waals surface area contributed by atoms with Crippen molar-refractivity contribution < 1.29 is 9.53 Å². The number of benzene rings is 2. The minimum atomic E-state index is -0.287. The standard InChI is InChI=1S/C20H21N3O2/c1-23-14-13-21-20(23)19(16-8-4-2-5-9-16)22-18(24)12-15-25-17-10-6-3-7-11-17/h2-11,13-14,19H,12,15H2,1H3,(H,22,24)/t19-/m1/s1. The van der Waals surface area contributed by atoms with Crippen LogP contribution in [0.15, 0.2) is 73.1 Å². The van der Waals surface area contributed by atoms with Crippen molar-refractivity contribution in [1.29, 1.82) is 0 Å². The van der Waals surface area contributed by atoms with Crippen molar-refractivity contribution in [3.8, 4) is 5.75 Å². The van der Waals surface area contributed by atoms with E-state index in [1.807, 2.05) is 78.5 Å². The molecule has 0 aliphatic rings. The van der Waals surface area contributed by atoms with Gasteiger partial charge in [-0.05, 0) is 17.7 Å². The van der Waals surface area contributed by atoms with Gasteiger partial charge in [0.2, 0.25) is 5.91 Å². The van der Waals surface area contributed by atoms with Crippen molar-refractivity contribution in [1.82, 2.24) is 14.9 Å². The minimum Gasteiger partial charge on any atom is -0.493 e. The number of rotatable bonds is 7. The van der Waals surface area contributed by atoms with E-state index in [4.69, 9.17) is 4.74 Å². The van der Waals surface area contributed by atoms with E-state index in [2.05, 4.69) is 10.3 Å². The lowest BCUT2D eigenvalue weighted by molar-refractivity contribution is -0.122. The van der Waals surface area contributed by atoms with Crippen LogP contribution in [0.4, 0.5) is 0 Å². The summed E-state index contributed by atoms with van der Waals surface area (Å²) in [5.74, 6) is 1.48. The molecule has 25 heavy (non-hydrogen) atoms. The molecule has 128 valence electrons. The Labute approximate surface area is 147 Å². The first kappa shape index (κ1) is 16.8. The van der Waals surface area contributed by atoms with Crippen LogP contribution in [0.2, 0.25) is 0 Å². The number of aromatic nitrogens is 2. The van der Waals surface area contributed by atoms with E-state index in [9.17, 15) is 4.79 Å². The number of aryl methyl sites for hydroxylation is 1. The summed E-state index contributed by atoms with van der Waals surface area (Å²) in [6, 6.07) is 19.0. The smallest absolute Gasteiger partial charge is 0.224 e. The summed E-state index contributed by atoms with van der Waals surface area (Å²) >= 11 is 0. The van der Waals surface area contributed by atoms with Gasteiger partial charge in [-0.2, -0.15) is 0 Å². The molecule has 2 aromatic carbocycles. The van der Waals surface area contributed by atoms with Crippen LogP contribution in [0, 0.1) is 0 Å². The molecule has 0 aliphatic heterocycles. The molecule has 5 nitrogen and oxygen atoms in total. The molecule has 0 saturated carbocycles. The van der Waals surface area contributed by atoms with Gasteiger partial charge >= 0.3 is 0 Å². The Bertz CT molecular complexity index is 800. The van der Waals surface area contributed by atoms with Crippen LogP contribution in [0.1, 0.15) is 23.9 Å². The van der Waals surface area contributed by atoms with Crippen molar-refractivity contribution >= 4 is 5.91 Å². The van der Waals surface area contributed by atoms with Crippen LogP contribution in [-0.4, -0.2) is 22.1 Å². The second-order valence-corrected chi connectivity index (χ2v) is 5.72. The Kier molecular flexibility index (Phi) is 5.46. The van der Waals surface area contributed by atoms with Gasteiger partial charge in [0.05, 0.1) is 13.0 Å². The Morgan fingerprint density at radius 3 is 2.44 bits per heavy atom. The number of carbonyl (C=O) groups is 1. The van der Waals surface area contributed by atoms with Gasteiger partial charge < -0.3 is 14.6 Å². The molecule has 1 heterocycles. The summed E-state index contributed by atoms with van der Waals surface area (Å²) in [6.07, 6.45) is 3.88. The van der Waals surface area contributed by atoms with E-state index in [0.29, 0.717) is 6.61 Å². The highest BCUT2D eigenvalue weighted by Crippen LogP contribution is 2.20. The third kappa shape index (κ3) is 4.47. The molecule has 0 bridgehead atoms. The van der Waals surface area contributed by atoms with Crippen molar-refractivity contribution in [2.45, 2.75) is 12.5 Å². The molecule has 0 fully saturated rings. The van der Waals surface area contributed by atoms with Gasteiger partial charge in [0, 0.05) is 19.4 Å². The van der Waals surface area contributed by atoms with E-state index in [1.54, 1.807) is 6.20 Å². The molecule has 0 radical (unpaired) electrons. The lowest BCUT2D eigenvalue weighted by atomic mass is 10.1. The van der Waals surface area contributed by atoms with Crippen molar-refractivity contribution in [3.05, 3.63) is 84.4 Å². The maximum atomic E-state index is 12.4. The summed E-state index contributed by atoms with van der Waals surface area (Å²) in [6.45, 7) is 0.331. The fourth-order valence-corrected chi connectivity index (χ4v) is 2.61. The largest absolute Gasteiger partial charge is 0.493 e. The molecule has 0 saturated heterocycles. The second-order valence-electron chi connectivity index (χ2n) is 5.72. The Balaban J connectivity index is 1.64. The van der Waals surface area contributed by atoms with Gasteiger partial charge in [0.25, 0.3) is 0 Å². The summed E-state index contributed by atoms with van der Waals surface area (Å²) in [7, 11) is 1.92. The molecule has 1 amide bonds. The number of hydrogen-bond donors (Lipinski definition) is 1. The number of ether oxygens (including phenoxy) is 1. The van der Waals surface area contributed by atoms with Crippen LogP contribution in [-0.2, 0) is 11.8 Å². The van der Waals surface area contributed by atoms with Crippen LogP contribution >= 0.6 is 0 Å². The topological polar surface area (TPSA) is 56.2 Å². The number of amides is 1. The number of nitrogens with zero attached hydrogens (tertiary/aromatic N) is 2. The van der Waals surface area contributed by atoms with Crippen LogP contribution < -0.4 is 10.1 Å². The molecule has 3 rings (SSSR count). The first-order valence-electron chi connectivity index (χ1n) is 8.23. The number of para-hydroxylation sites is 1. The maximum absolute atomic E-state index is 12.4. The molecule has 1 atom stereocenters. The molecule has 0 unspecified atom stereocenters. The molecule has 0 spiro atoms. The molecule has 1 N–H and O–H groups in total. The van der Waals surface area contributed by atoms with E-state index in [1.165, 1.54) is 0 Å². The van der Waals surface area contributed by atoms with E-state index in [0.717, 1.165) is 17.1 Å². The van der Waals surface area contributed by atoms with E-state index >= 15 is 0 Å². The zero-order valence-corrected chi connectivity index (χ0v) is 14.1. The third-order valence-corrected chi connectivity index (χ3v) is 3.90. The van der Waals surface area contributed by atoms with Crippen LogP contribution in [0.25, 0.3) is 0 Å². The lowest BCUT2D eigenvalue weighted by Gasteiger charge is -2.19. The molecule has 0 aliphatic carbocycles. The Morgan fingerprint density at radius 2 is 1.80 bits per heavy atom. The average molecular weight is 335 g/mol. The summed E-state index contributed by atoms with van der Waals surface area (Å²) in [5.41, 5.74) is 0.995. The summed E-state index contributed by atoms with van der Waals surface area (Å²) in [4.78, 5) is 16.8. The van der Waals surface area contributed by atoms with E-state index in [-0.39, 0.29) is 18.4 Å². The van der Waals surface area contributed by atoms with Gasteiger partial charge in [0.15, 0.2) is 0 Å². The Hall–Kier alpha value is -3.08. The highest BCUT2D eigenvalue weighted by atomic mass is 16.5. The zero-order chi connectivity index (χ0) is 17.5. The second kappa shape index (κ2) is 8.15. The van der Waals surface area contributed by atoms with Gasteiger partial charge in [-0.3, -0.25) is 4.79 Å². The number of hydrogen-bond acceptors (Lipinski definition) is 3. The van der Waals surface area contributed by atoms with Crippen molar-refractivity contribution in [3.63, 3.8) is 0 Å². The van der Waals surface area contributed by atoms with Crippen molar-refractivity contribution in [2.75, 3.05) is 6.61 Å². The number of nitrogens with one attached hydrogen (secondary N) is 1. The molecular formula is C20H21N3O2. The predicted molar refractivity (Wildman–Crippen MR) is 96.2 cm³/mol. The predicted octanol–water partition coefficient (Wildman–Crippen LogP) is 3.09. The van der Waals surface area contributed by atoms with E-state index < -0.39 is 0 Å². The first-order valence-corrected chi connectivity index (χ1v) is 8.23. The van der Waals surface area contributed by atoms with Crippen molar-refractivity contribution in [2.24, 2.45) is 7.05 Å². The fourth-order valence-electron chi connectivity index (χ4n) is 2.61. The SMILES string of the molecule is Cn1ccnc1[C@H](NC(=O)CCOc1ccccc1)c1ccccc1. The molecule has 1 aromatic heterocycles.